The molecule has 0 spiro atoms. The van der Waals surface area contributed by atoms with E-state index < -0.39 is 29.8 Å². The lowest BCUT2D eigenvalue weighted by molar-refractivity contribution is -0.143. The van der Waals surface area contributed by atoms with Crippen molar-refractivity contribution in [3.8, 4) is 23.1 Å². The minimum atomic E-state index is -1.27. The molecule has 11 nitrogen and oxygen atoms in total. The van der Waals surface area contributed by atoms with Crippen LogP contribution in [0.2, 0.25) is 0 Å². The number of aliphatic carboxylic acids is 2. The average molecular weight is 552 g/mol. The Bertz CT molecular complexity index is 1690. The molecule has 5 N–H and O–H groups in total. The Labute approximate surface area is 234 Å². The number of carboxylic acid groups (broad SMARTS) is 2. The minimum absolute atomic E-state index is 0.201. The number of hydrazine groups is 1. The van der Waals surface area contributed by atoms with Crippen LogP contribution in [0, 0.1) is 11.8 Å². The standard InChI is InChI=1S/C30H25N5O6/c1-35(26(30(40)41)12-13-27(36)37)29(39)21-10-6-19(7-11-21)3-2-18-4-8-20(9-5-18)25-16-22(28(38)34-31)23-17-32-15-14-24(23)33-25/h4-11,14-17,26H,12-13,31H2,1H3,(H,34,38)(H,36,37)(H,40,41). The van der Waals surface area contributed by atoms with Gasteiger partial charge in [0.15, 0.2) is 0 Å². The molecule has 11 heteroatoms. The molecule has 2 amide bonds. The van der Waals surface area contributed by atoms with Gasteiger partial charge in [0.1, 0.15) is 6.04 Å². The number of carboxylic acids is 2. The van der Waals surface area contributed by atoms with Gasteiger partial charge in [-0.15, -0.1) is 0 Å². The molecule has 4 aromatic rings. The highest BCUT2D eigenvalue weighted by atomic mass is 16.4. The van der Waals surface area contributed by atoms with Crippen LogP contribution >= 0.6 is 0 Å². The van der Waals surface area contributed by atoms with Gasteiger partial charge in [0.2, 0.25) is 0 Å². The highest BCUT2D eigenvalue weighted by Crippen LogP contribution is 2.24. The van der Waals surface area contributed by atoms with E-state index in [-0.39, 0.29) is 18.4 Å². The van der Waals surface area contributed by atoms with Crippen molar-refractivity contribution >= 4 is 34.7 Å². The maximum Gasteiger partial charge on any atom is 0.326 e. The number of fused-ring (bicyclic) bond motifs is 1. The molecule has 2 heterocycles. The third-order valence-corrected chi connectivity index (χ3v) is 6.35. The summed E-state index contributed by atoms with van der Waals surface area (Å²) in [5.41, 5.74) is 6.08. The Kier molecular flexibility index (Phi) is 8.66. The number of carbonyl (C=O) groups is 4. The van der Waals surface area contributed by atoms with Crippen LogP contribution in [0.25, 0.3) is 22.2 Å². The number of hydrogen-bond donors (Lipinski definition) is 4. The van der Waals surface area contributed by atoms with E-state index in [1.54, 1.807) is 36.7 Å². The first-order valence-electron chi connectivity index (χ1n) is 12.4. The van der Waals surface area contributed by atoms with Gasteiger partial charge in [-0.3, -0.25) is 24.8 Å². The van der Waals surface area contributed by atoms with Crippen LogP contribution in [0.1, 0.15) is 44.7 Å². The summed E-state index contributed by atoms with van der Waals surface area (Å²) in [5, 5.41) is 18.8. The minimum Gasteiger partial charge on any atom is -0.481 e. The Morgan fingerprint density at radius 1 is 0.976 bits per heavy atom. The topological polar surface area (TPSA) is 176 Å². The highest BCUT2D eigenvalue weighted by Gasteiger charge is 2.27. The van der Waals surface area contributed by atoms with E-state index >= 15 is 0 Å². The van der Waals surface area contributed by atoms with Gasteiger partial charge >= 0.3 is 11.9 Å². The van der Waals surface area contributed by atoms with Gasteiger partial charge in [-0.1, -0.05) is 24.0 Å². The summed E-state index contributed by atoms with van der Waals surface area (Å²) in [6.45, 7) is 0. The molecule has 4 rings (SSSR count). The maximum absolute atomic E-state index is 12.8. The molecule has 0 fully saturated rings. The normalized spacial score (nSPS) is 11.2. The quantitative estimate of drug-likeness (QED) is 0.111. The molecule has 2 aromatic carbocycles. The van der Waals surface area contributed by atoms with Gasteiger partial charge < -0.3 is 15.1 Å². The SMILES string of the molecule is CN(C(=O)c1ccc(C#Cc2ccc(-c3cc(C(=O)NN)c4cnccc4n3)cc2)cc1)C(CCC(=O)O)C(=O)O. The number of nitrogens with two attached hydrogens (primary N) is 1. The molecular weight excluding hydrogens is 526 g/mol. The first kappa shape index (κ1) is 28.4. The number of amides is 2. The second kappa shape index (κ2) is 12.5. The molecule has 41 heavy (non-hydrogen) atoms. The molecule has 0 aliphatic heterocycles. The molecule has 1 atom stereocenters. The maximum atomic E-state index is 12.8. The lowest BCUT2D eigenvalue weighted by atomic mass is 10.0. The summed E-state index contributed by atoms with van der Waals surface area (Å²) < 4.78 is 0. The number of nitrogen functional groups attached to an aromatic ring is 1. The fraction of sp³-hybridized carbons (Fsp3) is 0.133. The first-order chi connectivity index (χ1) is 19.7. The van der Waals surface area contributed by atoms with Crippen molar-refractivity contribution < 1.29 is 29.4 Å². The molecule has 0 radical (unpaired) electrons. The highest BCUT2D eigenvalue weighted by molar-refractivity contribution is 6.06. The van der Waals surface area contributed by atoms with Crippen molar-refractivity contribution in [3.63, 3.8) is 0 Å². The van der Waals surface area contributed by atoms with Crippen LogP contribution in [0.5, 0.6) is 0 Å². The van der Waals surface area contributed by atoms with Gasteiger partial charge in [-0.05, 0) is 55.0 Å². The fourth-order valence-corrected chi connectivity index (χ4v) is 4.14. The lowest BCUT2D eigenvalue weighted by Crippen LogP contribution is -2.42. The zero-order chi connectivity index (χ0) is 29.5. The number of nitrogens with zero attached hydrogens (tertiary/aromatic N) is 3. The molecule has 0 saturated carbocycles. The second-order valence-electron chi connectivity index (χ2n) is 9.03. The van der Waals surface area contributed by atoms with E-state index in [2.05, 4.69) is 27.2 Å². The Morgan fingerprint density at radius 3 is 2.20 bits per heavy atom. The van der Waals surface area contributed by atoms with E-state index in [0.717, 1.165) is 16.0 Å². The van der Waals surface area contributed by atoms with Crippen LogP contribution < -0.4 is 11.3 Å². The largest absolute Gasteiger partial charge is 0.481 e. The first-order valence-corrected chi connectivity index (χ1v) is 12.4. The number of hydrogen-bond acceptors (Lipinski definition) is 7. The Balaban J connectivity index is 1.49. The van der Waals surface area contributed by atoms with Crippen LogP contribution in [0.4, 0.5) is 0 Å². The predicted molar refractivity (Wildman–Crippen MR) is 149 cm³/mol. The zero-order valence-electron chi connectivity index (χ0n) is 21.9. The number of aromatic nitrogens is 2. The van der Waals surface area contributed by atoms with Crippen molar-refractivity contribution in [2.45, 2.75) is 18.9 Å². The van der Waals surface area contributed by atoms with Gasteiger partial charge in [0.05, 0.1) is 16.8 Å². The molecule has 0 aliphatic rings. The van der Waals surface area contributed by atoms with Gasteiger partial charge in [-0.2, -0.15) is 0 Å². The molecule has 2 aromatic heterocycles. The fourth-order valence-electron chi connectivity index (χ4n) is 4.14. The Morgan fingerprint density at radius 2 is 1.61 bits per heavy atom. The third-order valence-electron chi connectivity index (χ3n) is 6.35. The van der Waals surface area contributed by atoms with Crippen molar-refractivity contribution in [2.75, 3.05) is 7.05 Å². The van der Waals surface area contributed by atoms with E-state index in [1.165, 1.54) is 19.2 Å². The predicted octanol–water partition coefficient (Wildman–Crippen LogP) is 2.69. The van der Waals surface area contributed by atoms with Gasteiger partial charge in [-0.25, -0.2) is 15.6 Å². The third kappa shape index (κ3) is 6.70. The summed E-state index contributed by atoms with van der Waals surface area (Å²) in [7, 11) is 1.33. The van der Waals surface area contributed by atoms with Crippen LogP contribution in [-0.4, -0.2) is 61.9 Å². The summed E-state index contributed by atoms with van der Waals surface area (Å²) in [6, 6.07) is 15.8. The van der Waals surface area contributed by atoms with Crippen molar-refractivity contribution in [2.24, 2.45) is 5.84 Å². The summed E-state index contributed by atoms with van der Waals surface area (Å²) in [4.78, 5) is 57.2. The van der Waals surface area contributed by atoms with E-state index in [9.17, 15) is 24.3 Å². The van der Waals surface area contributed by atoms with E-state index in [0.29, 0.717) is 27.7 Å². The number of benzene rings is 2. The van der Waals surface area contributed by atoms with Crippen LogP contribution in [-0.2, 0) is 9.59 Å². The second-order valence-corrected chi connectivity index (χ2v) is 9.03. The van der Waals surface area contributed by atoms with Gasteiger partial charge in [0, 0.05) is 53.5 Å². The summed E-state index contributed by atoms with van der Waals surface area (Å²) >= 11 is 0. The molecule has 0 aliphatic carbocycles. The van der Waals surface area contributed by atoms with Gasteiger partial charge in [0.25, 0.3) is 11.8 Å². The number of nitrogens with one attached hydrogen (secondary N) is 1. The average Bonchev–Trinajstić information content (AvgIpc) is 2.98. The van der Waals surface area contributed by atoms with Crippen LogP contribution in [0.3, 0.4) is 0 Å². The molecule has 0 saturated heterocycles. The summed E-state index contributed by atoms with van der Waals surface area (Å²) in [6.07, 6.45) is 2.59. The number of pyridine rings is 2. The van der Waals surface area contributed by atoms with Crippen molar-refractivity contribution in [1.82, 2.24) is 20.3 Å². The van der Waals surface area contributed by atoms with Crippen molar-refractivity contribution in [1.29, 1.82) is 0 Å². The van der Waals surface area contributed by atoms with Crippen molar-refractivity contribution in [3.05, 3.63) is 95.3 Å². The smallest absolute Gasteiger partial charge is 0.326 e. The van der Waals surface area contributed by atoms with E-state index in [4.69, 9.17) is 10.9 Å². The number of carbonyl (C=O) groups excluding carboxylic acids is 2. The summed E-state index contributed by atoms with van der Waals surface area (Å²) in [5.74, 6) is 8.03. The molecule has 206 valence electrons. The molecule has 1 unspecified atom stereocenters. The zero-order valence-corrected chi connectivity index (χ0v) is 21.9. The monoisotopic (exact) mass is 551 g/mol. The lowest BCUT2D eigenvalue weighted by Gasteiger charge is -2.24. The van der Waals surface area contributed by atoms with E-state index in [1.807, 2.05) is 24.3 Å². The molecule has 0 bridgehead atoms. The number of rotatable bonds is 8. The molecular formula is C30H25N5O6. The number of likely N-dealkylation sites (N-methyl/N-ethyl adjacent to an activating group) is 1. The van der Waals surface area contributed by atoms with Crippen LogP contribution in [0.15, 0.2) is 73.1 Å². The Hall–Kier alpha value is -5.60.